The zero-order chi connectivity index (χ0) is 13.3. The average molecular weight is 248 g/mol. The second kappa shape index (κ2) is 9.35. The van der Waals surface area contributed by atoms with Crippen LogP contribution < -0.4 is 5.32 Å². The van der Waals surface area contributed by atoms with Crippen molar-refractivity contribution in [3.63, 3.8) is 0 Å². The number of carbonyl (C=O) groups is 1. The topological polar surface area (TPSA) is 71.0 Å². The summed E-state index contributed by atoms with van der Waals surface area (Å²) in [5.74, 6) is -0.0818. The van der Waals surface area contributed by atoms with Gasteiger partial charge in [-0.1, -0.05) is 0 Å². The summed E-state index contributed by atoms with van der Waals surface area (Å²) in [6, 6.07) is -0.00945. The second-order valence-corrected chi connectivity index (χ2v) is 4.23. The average Bonchev–Trinajstić information content (AvgIpc) is 2.16. The third-order valence-electron chi connectivity index (χ3n) is 2.12. The van der Waals surface area contributed by atoms with E-state index in [-0.39, 0.29) is 25.1 Å². The summed E-state index contributed by atoms with van der Waals surface area (Å²) < 4.78 is 9.73. The number of hydrogen-bond donors (Lipinski definition) is 2. The van der Waals surface area contributed by atoms with E-state index in [9.17, 15) is 9.90 Å². The smallest absolute Gasteiger partial charge is 0.234 e. The van der Waals surface area contributed by atoms with Crippen LogP contribution in [0.2, 0.25) is 0 Å². The van der Waals surface area contributed by atoms with Crippen LogP contribution in [0, 0.1) is 0 Å². The molecule has 102 valence electrons. The van der Waals surface area contributed by atoms with Crippen molar-refractivity contribution < 1.29 is 19.4 Å². The summed E-state index contributed by atoms with van der Waals surface area (Å²) in [6.07, 6.45) is -0.575. The molecule has 0 fully saturated rings. The lowest BCUT2D eigenvalue weighted by Gasteiger charge is -2.20. The predicted molar refractivity (Wildman–Crippen MR) is 64.9 cm³/mol. The first-order valence-corrected chi connectivity index (χ1v) is 5.63. The van der Waals surface area contributed by atoms with E-state index in [0.717, 1.165) is 0 Å². The molecule has 0 bridgehead atoms. The Morgan fingerprint density at radius 1 is 1.35 bits per heavy atom. The fourth-order valence-electron chi connectivity index (χ4n) is 1.53. The number of nitrogens with one attached hydrogen (secondary N) is 1. The van der Waals surface area contributed by atoms with Crippen molar-refractivity contribution in [2.45, 2.75) is 19.1 Å². The van der Waals surface area contributed by atoms with Gasteiger partial charge in [0.2, 0.25) is 5.91 Å². The van der Waals surface area contributed by atoms with E-state index >= 15 is 0 Å². The molecule has 0 heterocycles. The number of hydrogen-bond acceptors (Lipinski definition) is 5. The van der Waals surface area contributed by atoms with E-state index in [2.05, 4.69) is 5.32 Å². The van der Waals surface area contributed by atoms with Crippen molar-refractivity contribution >= 4 is 5.91 Å². The molecule has 0 aliphatic rings. The fraction of sp³-hybridized carbons (Fsp3) is 0.909. The number of rotatable bonds is 9. The Morgan fingerprint density at radius 3 is 2.47 bits per heavy atom. The van der Waals surface area contributed by atoms with E-state index in [1.165, 1.54) is 7.11 Å². The van der Waals surface area contributed by atoms with Crippen molar-refractivity contribution in [2.75, 3.05) is 47.6 Å². The van der Waals surface area contributed by atoms with Gasteiger partial charge in [-0.2, -0.15) is 0 Å². The highest BCUT2D eigenvalue weighted by Crippen LogP contribution is 1.91. The normalized spacial score (nSPS) is 14.7. The van der Waals surface area contributed by atoms with E-state index in [0.29, 0.717) is 13.2 Å². The lowest BCUT2D eigenvalue weighted by molar-refractivity contribution is -0.123. The number of likely N-dealkylation sites (N-methyl/N-ethyl adjacent to an activating group) is 1. The molecule has 0 radical (unpaired) electrons. The number of methoxy groups -OCH3 is 2. The molecule has 1 amide bonds. The van der Waals surface area contributed by atoms with Crippen LogP contribution in [0.3, 0.4) is 0 Å². The van der Waals surface area contributed by atoms with Gasteiger partial charge < -0.3 is 19.9 Å². The van der Waals surface area contributed by atoms with Crippen LogP contribution >= 0.6 is 0 Å². The molecular formula is C11H24N2O4. The van der Waals surface area contributed by atoms with Crippen LogP contribution in [0.25, 0.3) is 0 Å². The van der Waals surface area contributed by atoms with Gasteiger partial charge >= 0.3 is 0 Å². The van der Waals surface area contributed by atoms with Crippen molar-refractivity contribution in [1.29, 1.82) is 0 Å². The van der Waals surface area contributed by atoms with E-state index in [1.807, 2.05) is 6.92 Å². The molecule has 0 aliphatic carbocycles. The second-order valence-electron chi connectivity index (χ2n) is 4.23. The van der Waals surface area contributed by atoms with Crippen LogP contribution in [0.1, 0.15) is 6.92 Å². The van der Waals surface area contributed by atoms with E-state index in [1.54, 1.807) is 19.1 Å². The monoisotopic (exact) mass is 248 g/mol. The molecule has 0 aliphatic heterocycles. The predicted octanol–water partition coefficient (Wildman–Crippen LogP) is -0.923. The Kier molecular flexibility index (Phi) is 8.97. The Morgan fingerprint density at radius 2 is 1.94 bits per heavy atom. The van der Waals surface area contributed by atoms with Gasteiger partial charge in [-0.3, -0.25) is 9.69 Å². The molecule has 6 nitrogen and oxygen atoms in total. The maximum Gasteiger partial charge on any atom is 0.234 e. The molecule has 0 rings (SSSR count). The number of aliphatic hydroxyl groups is 1. The molecular weight excluding hydrogens is 224 g/mol. The SMILES string of the molecule is COCC(O)CN(C)CC(=O)NC(C)COC. The molecule has 2 unspecified atom stereocenters. The highest BCUT2D eigenvalue weighted by molar-refractivity contribution is 5.78. The number of amides is 1. The quantitative estimate of drug-likeness (QED) is 0.552. The minimum absolute atomic E-state index is 0.00945. The summed E-state index contributed by atoms with van der Waals surface area (Å²) >= 11 is 0. The van der Waals surface area contributed by atoms with Crippen LogP contribution in [0.4, 0.5) is 0 Å². The summed E-state index contributed by atoms with van der Waals surface area (Å²) in [5, 5.41) is 12.3. The van der Waals surface area contributed by atoms with Crippen molar-refractivity contribution in [1.82, 2.24) is 10.2 Å². The maximum absolute atomic E-state index is 11.6. The molecule has 2 N–H and O–H groups in total. The molecule has 0 saturated carbocycles. The van der Waals surface area contributed by atoms with E-state index < -0.39 is 6.10 Å². The highest BCUT2D eigenvalue weighted by Gasteiger charge is 2.12. The largest absolute Gasteiger partial charge is 0.389 e. The third kappa shape index (κ3) is 9.05. The van der Waals surface area contributed by atoms with Crippen LogP contribution in [0.15, 0.2) is 0 Å². The van der Waals surface area contributed by atoms with Gasteiger partial charge in [0.1, 0.15) is 0 Å². The molecule has 6 heteroatoms. The molecule has 0 aromatic heterocycles. The summed E-state index contributed by atoms with van der Waals surface area (Å²) in [5.41, 5.74) is 0. The first-order valence-electron chi connectivity index (χ1n) is 5.63. The van der Waals surface area contributed by atoms with Gasteiger partial charge in [0.25, 0.3) is 0 Å². The van der Waals surface area contributed by atoms with Crippen molar-refractivity contribution in [2.24, 2.45) is 0 Å². The third-order valence-corrected chi connectivity index (χ3v) is 2.12. The van der Waals surface area contributed by atoms with Crippen LogP contribution in [-0.4, -0.2) is 75.6 Å². The van der Waals surface area contributed by atoms with Crippen LogP contribution in [0.5, 0.6) is 0 Å². The Balaban J connectivity index is 3.79. The zero-order valence-electron chi connectivity index (χ0n) is 11.1. The van der Waals surface area contributed by atoms with Crippen molar-refractivity contribution in [3.8, 4) is 0 Å². The number of ether oxygens (including phenoxy) is 2. The molecule has 0 saturated heterocycles. The molecule has 0 aromatic carbocycles. The van der Waals surface area contributed by atoms with E-state index in [4.69, 9.17) is 9.47 Å². The Labute approximate surface area is 103 Å². The lowest BCUT2D eigenvalue weighted by atomic mass is 10.3. The van der Waals surface area contributed by atoms with Gasteiger partial charge in [0.05, 0.1) is 25.9 Å². The van der Waals surface area contributed by atoms with Crippen LogP contribution in [-0.2, 0) is 14.3 Å². The fourth-order valence-corrected chi connectivity index (χ4v) is 1.53. The maximum atomic E-state index is 11.6. The number of aliphatic hydroxyl groups excluding tert-OH is 1. The summed E-state index contributed by atoms with van der Waals surface area (Å²) in [7, 11) is 4.90. The summed E-state index contributed by atoms with van der Waals surface area (Å²) in [4.78, 5) is 13.3. The van der Waals surface area contributed by atoms with Gasteiger partial charge in [-0.15, -0.1) is 0 Å². The molecule has 2 atom stereocenters. The minimum atomic E-state index is -0.575. The summed E-state index contributed by atoms with van der Waals surface area (Å²) in [6.45, 7) is 3.28. The van der Waals surface area contributed by atoms with Crippen molar-refractivity contribution in [3.05, 3.63) is 0 Å². The Hall–Kier alpha value is -0.690. The standard InChI is InChI=1S/C11H24N2O4/c1-9(7-16-3)12-11(15)6-13(2)5-10(14)8-17-4/h9-10,14H,5-8H2,1-4H3,(H,12,15). The van der Waals surface area contributed by atoms with Gasteiger partial charge in [0, 0.05) is 26.8 Å². The zero-order valence-corrected chi connectivity index (χ0v) is 11.1. The van der Waals surface area contributed by atoms with Gasteiger partial charge in [-0.05, 0) is 14.0 Å². The van der Waals surface area contributed by atoms with Gasteiger partial charge in [-0.25, -0.2) is 0 Å². The molecule has 0 aromatic rings. The molecule has 0 spiro atoms. The lowest BCUT2D eigenvalue weighted by Crippen LogP contribution is -2.43. The number of carbonyl (C=O) groups excluding carboxylic acids is 1. The molecule has 17 heavy (non-hydrogen) atoms. The Bertz CT molecular complexity index is 214. The number of nitrogens with zero attached hydrogens (tertiary/aromatic N) is 1. The first kappa shape index (κ1) is 16.3. The van der Waals surface area contributed by atoms with Gasteiger partial charge in [0.15, 0.2) is 0 Å². The first-order chi connectivity index (χ1) is 7.99. The minimum Gasteiger partial charge on any atom is -0.389 e. The highest BCUT2D eigenvalue weighted by atomic mass is 16.5.